The number of nitrogens with one attached hydrogen (secondary N) is 2. The van der Waals surface area contributed by atoms with Crippen molar-refractivity contribution < 1.29 is 9.47 Å². The van der Waals surface area contributed by atoms with E-state index < -0.39 is 0 Å². The Kier molecular flexibility index (Phi) is 6.20. The Balaban J connectivity index is 1.64. The molecule has 0 amide bonds. The van der Waals surface area contributed by atoms with E-state index in [2.05, 4.69) is 26.3 Å². The van der Waals surface area contributed by atoms with Crippen LogP contribution < -0.4 is 15.0 Å². The molecule has 30 heavy (non-hydrogen) atoms. The maximum Gasteiger partial charge on any atom is 0.130 e. The molecule has 2 N–H and O–H groups in total. The number of rotatable bonds is 6. The predicted molar refractivity (Wildman–Crippen MR) is 119 cm³/mol. The zero-order valence-corrected chi connectivity index (χ0v) is 17.0. The summed E-state index contributed by atoms with van der Waals surface area (Å²) in [6, 6.07) is 5.82. The highest BCUT2D eigenvalue weighted by Crippen LogP contribution is 2.31. The summed E-state index contributed by atoms with van der Waals surface area (Å²) >= 11 is 0. The van der Waals surface area contributed by atoms with E-state index in [0.29, 0.717) is 13.2 Å². The average Bonchev–Trinajstić information content (AvgIpc) is 3.01. The van der Waals surface area contributed by atoms with E-state index in [0.717, 1.165) is 59.2 Å². The van der Waals surface area contributed by atoms with E-state index in [9.17, 15) is 0 Å². The first-order valence-corrected chi connectivity index (χ1v) is 9.95. The molecular formula is C23H25N5O2. The van der Waals surface area contributed by atoms with Crippen LogP contribution >= 0.6 is 0 Å². The van der Waals surface area contributed by atoms with Gasteiger partial charge in [0.05, 0.1) is 20.3 Å². The van der Waals surface area contributed by atoms with Gasteiger partial charge in [-0.15, -0.1) is 0 Å². The zero-order chi connectivity index (χ0) is 20.8. The van der Waals surface area contributed by atoms with Gasteiger partial charge >= 0.3 is 0 Å². The Morgan fingerprint density at radius 3 is 2.87 bits per heavy atom. The van der Waals surface area contributed by atoms with Crippen molar-refractivity contribution in [2.75, 3.05) is 43.6 Å². The topological polar surface area (TPSA) is 83.4 Å². The lowest BCUT2D eigenvalue weighted by Gasteiger charge is -2.28. The van der Waals surface area contributed by atoms with Crippen LogP contribution in [0.15, 0.2) is 66.3 Å². The van der Waals surface area contributed by atoms with E-state index in [-0.39, 0.29) is 0 Å². The van der Waals surface area contributed by atoms with Crippen molar-refractivity contribution in [3.8, 4) is 5.75 Å². The number of ether oxygens (including phenoxy) is 2. The Hall–Kier alpha value is -3.45. The minimum absolute atomic E-state index is 0.715. The van der Waals surface area contributed by atoms with Gasteiger partial charge in [-0.3, -0.25) is 4.98 Å². The molecule has 2 aromatic heterocycles. The van der Waals surface area contributed by atoms with E-state index in [1.807, 2.05) is 30.4 Å². The van der Waals surface area contributed by atoms with Gasteiger partial charge in [-0.05, 0) is 30.2 Å². The third-order valence-electron chi connectivity index (χ3n) is 5.11. The van der Waals surface area contributed by atoms with E-state index in [1.54, 1.807) is 25.7 Å². The SMILES string of the molecule is COc1ccncc1C1=CCC=C(C=N)C(Nc2ccnc(N3CCOCC3)c2)=C1. The van der Waals surface area contributed by atoms with E-state index >= 15 is 0 Å². The molecule has 0 radical (unpaired) electrons. The maximum absolute atomic E-state index is 7.87. The van der Waals surface area contributed by atoms with Crippen LogP contribution in [0.1, 0.15) is 12.0 Å². The molecule has 0 atom stereocenters. The van der Waals surface area contributed by atoms with Crippen LogP contribution in [0.25, 0.3) is 5.57 Å². The minimum atomic E-state index is 0.715. The molecule has 4 rings (SSSR count). The number of hydrogen-bond donors (Lipinski definition) is 2. The smallest absolute Gasteiger partial charge is 0.130 e. The highest BCUT2D eigenvalue weighted by Gasteiger charge is 2.15. The predicted octanol–water partition coefficient (Wildman–Crippen LogP) is 3.68. The van der Waals surface area contributed by atoms with Gasteiger partial charge < -0.3 is 25.1 Å². The monoisotopic (exact) mass is 403 g/mol. The van der Waals surface area contributed by atoms with Crippen LogP contribution in [0.5, 0.6) is 5.75 Å². The number of hydrogen-bond acceptors (Lipinski definition) is 7. The molecule has 0 aromatic carbocycles. The first-order valence-electron chi connectivity index (χ1n) is 9.95. The molecule has 0 bridgehead atoms. The Bertz CT molecular complexity index is 1010. The molecular weight excluding hydrogens is 378 g/mol. The Labute approximate surface area is 176 Å². The second-order valence-corrected chi connectivity index (χ2v) is 6.96. The van der Waals surface area contributed by atoms with Crippen molar-refractivity contribution in [2.24, 2.45) is 0 Å². The summed E-state index contributed by atoms with van der Waals surface area (Å²) < 4.78 is 11.0. The first-order chi connectivity index (χ1) is 14.8. The van der Waals surface area contributed by atoms with Gasteiger partial charge in [-0.25, -0.2) is 4.98 Å². The van der Waals surface area contributed by atoms with Crippen LogP contribution in [0.4, 0.5) is 11.5 Å². The molecule has 3 heterocycles. The molecule has 1 fully saturated rings. The molecule has 0 unspecified atom stereocenters. The summed E-state index contributed by atoms with van der Waals surface area (Å²) in [7, 11) is 1.66. The minimum Gasteiger partial charge on any atom is -0.496 e. The van der Waals surface area contributed by atoms with E-state index in [1.165, 1.54) is 6.21 Å². The third-order valence-corrected chi connectivity index (χ3v) is 5.11. The third kappa shape index (κ3) is 4.41. The van der Waals surface area contributed by atoms with Gasteiger partial charge in [0.2, 0.25) is 0 Å². The van der Waals surface area contributed by atoms with Crippen LogP contribution in [-0.2, 0) is 4.74 Å². The molecule has 2 aliphatic rings. The number of morpholine rings is 1. The fourth-order valence-corrected chi connectivity index (χ4v) is 3.55. The number of allylic oxidation sites excluding steroid dienone is 5. The number of aromatic nitrogens is 2. The summed E-state index contributed by atoms with van der Waals surface area (Å²) in [5, 5.41) is 11.4. The van der Waals surface area contributed by atoms with Crippen molar-refractivity contribution >= 4 is 23.3 Å². The Morgan fingerprint density at radius 2 is 2.07 bits per heavy atom. The van der Waals surface area contributed by atoms with Crippen LogP contribution in [0, 0.1) is 5.41 Å². The molecule has 0 saturated carbocycles. The highest BCUT2D eigenvalue weighted by molar-refractivity contribution is 5.89. The fourth-order valence-electron chi connectivity index (χ4n) is 3.55. The largest absolute Gasteiger partial charge is 0.496 e. The summed E-state index contributed by atoms with van der Waals surface area (Å²) in [6.45, 7) is 3.09. The molecule has 7 heteroatoms. The van der Waals surface area contributed by atoms with Gasteiger partial charge in [0.25, 0.3) is 0 Å². The lowest BCUT2D eigenvalue weighted by Crippen LogP contribution is -2.36. The lowest BCUT2D eigenvalue weighted by molar-refractivity contribution is 0.122. The maximum atomic E-state index is 7.87. The van der Waals surface area contributed by atoms with Crippen molar-refractivity contribution in [3.05, 3.63) is 71.9 Å². The van der Waals surface area contributed by atoms with Gasteiger partial charge in [0, 0.05) is 66.5 Å². The van der Waals surface area contributed by atoms with Crippen LogP contribution in [0.2, 0.25) is 0 Å². The zero-order valence-electron chi connectivity index (χ0n) is 17.0. The number of anilines is 2. The van der Waals surface area contributed by atoms with Gasteiger partial charge in [-0.2, -0.15) is 0 Å². The molecule has 1 saturated heterocycles. The van der Waals surface area contributed by atoms with Crippen molar-refractivity contribution in [2.45, 2.75) is 6.42 Å². The molecule has 7 nitrogen and oxygen atoms in total. The fraction of sp³-hybridized carbons (Fsp3) is 0.261. The summed E-state index contributed by atoms with van der Waals surface area (Å²) in [4.78, 5) is 11.0. The van der Waals surface area contributed by atoms with Gasteiger partial charge in [-0.1, -0.05) is 12.2 Å². The van der Waals surface area contributed by atoms with Crippen LogP contribution in [0.3, 0.4) is 0 Å². The summed E-state index contributed by atoms with van der Waals surface area (Å²) in [5.74, 6) is 1.69. The standard InChI is InChI=1S/C23H25N5O2/c1-29-22-6-7-25-16-20(22)17-3-2-4-18(15-24)21(13-17)27-19-5-8-26-23(14-19)28-9-11-30-12-10-28/h3-8,13-16,24H,2,9-12H2,1H3,(H,26,27). The second-order valence-electron chi connectivity index (χ2n) is 6.96. The lowest BCUT2D eigenvalue weighted by atomic mass is 10.0. The quantitative estimate of drug-likeness (QED) is 0.716. The second kappa shape index (κ2) is 9.37. The molecule has 154 valence electrons. The highest BCUT2D eigenvalue weighted by atomic mass is 16.5. The molecule has 2 aromatic rings. The Morgan fingerprint density at radius 1 is 1.20 bits per heavy atom. The molecule has 0 spiro atoms. The average molecular weight is 403 g/mol. The molecule has 1 aliphatic heterocycles. The van der Waals surface area contributed by atoms with Gasteiger partial charge in [0.15, 0.2) is 0 Å². The number of nitrogens with zero attached hydrogens (tertiary/aromatic N) is 3. The van der Waals surface area contributed by atoms with Gasteiger partial charge in [0.1, 0.15) is 11.6 Å². The van der Waals surface area contributed by atoms with Crippen molar-refractivity contribution in [1.29, 1.82) is 5.41 Å². The number of methoxy groups -OCH3 is 1. The molecule has 1 aliphatic carbocycles. The van der Waals surface area contributed by atoms with E-state index in [4.69, 9.17) is 14.9 Å². The summed E-state index contributed by atoms with van der Waals surface area (Å²) in [5.41, 5.74) is 4.51. The number of pyridine rings is 2. The van der Waals surface area contributed by atoms with Crippen molar-refractivity contribution in [3.63, 3.8) is 0 Å². The summed E-state index contributed by atoms with van der Waals surface area (Å²) in [6.07, 6.45) is 13.6. The first kappa shape index (κ1) is 19.8. The van der Waals surface area contributed by atoms with Crippen molar-refractivity contribution in [1.82, 2.24) is 9.97 Å². The normalized spacial score (nSPS) is 16.7. The van der Waals surface area contributed by atoms with Crippen LogP contribution in [-0.4, -0.2) is 49.6 Å².